The smallest absolute Gasteiger partial charge is 0.129 e. The Morgan fingerprint density at radius 1 is 1.42 bits per heavy atom. The minimum atomic E-state index is 0.466. The summed E-state index contributed by atoms with van der Waals surface area (Å²) in [7, 11) is 0. The van der Waals surface area contributed by atoms with Crippen LogP contribution in [0, 0.1) is 6.92 Å². The Morgan fingerprint density at radius 3 is 3.16 bits per heavy atom. The van der Waals surface area contributed by atoms with Crippen LogP contribution >= 0.6 is 11.3 Å². The number of nitrogens with zero attached hydrogens (tertiary/aromatic N) is 4. The SMILES string of the molecule is Cc1cc(NC2CCN(Cc3cscn3)C2)ncn1. The molecule has 0 aliphatic carbocycles. The largest absolute Gasteiger partial charge is 0.366 e. The third-order valence-electron chi connectivity index (χ3n) is 3.30. The minimum absolute atomic E-state index is 0.466. The first-order valence-electron chi connectivity index (χ1n) is 6.44. The van der Waals surface area contributed by atoms with Gasteiger partial charge in [-0.1, -0.05) is 0 Å². The second kappa shape index (κ2) is 5.63. The van der Waals surface area contributed by atoms with Gasteiger partial charge in [-0.2, -0.15) is 0 Å². The zero-order valence-electron chi connectivity index (χ0n) is 10.9. The molecule has 3 heterocycles. The average Bonchev–Trinajstić information content (AvgIpc) is 3.02. The molecule has 1 aliphatic rings. The van der Waals surface area contributed by atoms with Crippen LogP contribution in [0.2, 0.25) is 0 Å². The Morgan fingerprint density at radius 2 is 2.37 bits per heavy atom. The van der Waals surface area contributed by atoms with Crippen molar-refractivity contribution < 1.29 is 0 Å². The minimum Gasteiger partial charge on any atom is -0.366 e. The van der Waals surface area contributed by atoms with Gasteiger partial charge in [0.1, 0.15) is 12.1 Å². The fraction of sp³-hybridized carbons (Fsp3) is 0.462. The molecular weight excluding hydrogens is 258 g/mol. The Labute approximate surface area is 116 Å². The molecule has 1 fully saturated rings. The van der Waals surface area contributed by atoms with Gasteiger partial charge in [-0.15, -0.1) is 11.3 Å². The van der Waals surface area contributed by atoms with Crippen LogP contribution < -0.4 is 5.32 Å². The van der Waals surface area contributed by atoms with Crippen LogP contribution in [0.4, 0.5) is 5.82 Å². The van der Waals surface area contributed by atoms with Crippen molar-refractivity contribution in [1.82, 2.24) is 19.9 Å². The van der Waals surface area contributed by atoms with E-state index in [4.69, 9.17) is 0 Å². The fourth-order valence-corrected chi connectivity index (χ4v) is 2.93. The summed E-state index contributed by atoms with van der Waals surface area (Å²) in [6, 6.07) is 2.45. The van der Waals surface area contributed by atoms with Crippen LogP contribution in [0.25, 0.3) is 0 Å². The Kier molecular flexibility index (Phi) is 3.70. The monoisotopic (exact) mass is 275 g/mol. The maximum Gasteiger partial charge on any atom is 0.129 e. The summed E-state index contributed by atoms with van der Waals surface area (Å²) in [6.07, 6.45) is 2.76. The molecule has 2 aromatic heterocycles. The molecule has 1 aliphatic heterocycles. The van der Waals surface area contributed by atoms with Crippen molar-refractivity contribution in [2.24, 2.45) is 0 Å². The Balaban J connectivity index is 1.54. The second-order valence-electron chi connectivity index (χ2n) is 4.89. The summed E-state index contributed by atoms with van der Waals surface area (Å²) in [4.78, 5) is 15.1. The molecule has 1 N–H and O–H groups in total. The Hall–Kier alpha value is -1.53. The van der Waals surface area contributed by atoms with Crippen LogP contribution in [0.5, 0.6) is 0 Å². The lowest BCUT2D eigenvalue weighted by atomic mass is 10.2. The predicted molar refractivity (Wildman–Crippen MR) is 76.2 cm³/mol. The van der Waals surface area contributed by atoms with Crippen molar-refractivity contribution in [2.75, 3.05) is 18.4 Å². The van der Waals surface area contributed by atoms with Gasteiger partial charge in [0.25, 0.3) is 0 Å². The highest BCUT2D eigenvalue weighted by atomic mass is 32.1. The number of anilines is 1. The third-order valence-corrected chi connectivity index (χ3v) is 3.93. The molecule has 3 rings (SSSR count). The quantitative estimate of drug-likeness (QED) is 0.924. The lowest BCUT2D eigenvalue weighted by Crippen LogP contribution is -2.26. The van der Waals surface area contributed by atoms with Gasteiger partial charge in [0.2, 0.25) is 0 Å². The van der Waals surface area contributed by atoms with Crippen molar-refractivity contribution in [3.63, 3.8) is 0 Å². The molecular formula is C13H17N5S. The molecule has 1 atom stereocenters. The summed E-state index contributed by atoms with van der Waals surface area (Å²) in [5, 5.41) is 5.60. The van der Waals surface area contributed by atoms with E-state index in [1.54, 1.807) is 17.7 Å². The highest BCUT2D eigenvalue weighted by Gasteiger charge is 2.22. The van der Waals surface area contributed by atoms with Crippen molar-refractivity contribution in [3.05, 3.63) is 34.7 Å². The highest BCUT2D eigenvalue weighted by Crippen LogP contribution is 2.16. The number of aryl methyl sites for hydroxylation is 1. The average molecular weight is 275 g/mol. The van der Waals surface area contributed by atoms with E-state index in [2.05, 4.69) is 30.5 Å². The molecule has 0 bridgehead atoms. The first-order valence-corrected chi connectivity index (χ1v) is 7.38. The molecule has 19 heavy (non-hydrogen) atoms. The van der Waals surface area contributed by atoms with Crippen LogP contribution in [0.1, 0.15) is 17.8 Å². The van der Waals surface area contributed by atoms with Crippen molar-refractivity contribution in [2.45, 2.75) is 25.9 Å². The number of likely N-dealkylation sites (tertiary alicyclic amines) is 1. The molecule has 0 amide bonds. The van der Waals surface area contributed by atoms with Crippen LogP contribution in [-0.4, -0.2) is 39.0 Å². The maximum atomic E-state index is 4.34. The lowest BCUT2D eigenvalue weighted by molar-refractivity contribution is 0.325. The summed E-state index contributed by atoms with van der Waals surface area (Å²) in [6.45, 7) is 5.08. The number of aromatic nitrogens is 3. The van der Waals surface area contributed by atoms with Crippen molar-refractivity contribution in [3.8, 4) is 0 Å². The van der Waals surface area contributed by atoms with Gasteiger partial charge in [0, 0.05) is 42.8 Å². The van der Waals surface area contributed by atoms with E-state index in [-0.39, 0.29) is 0 Å². The molecule has 100 valence electrons. The zero-order valence-corrected chi connectivity index (χ0v) is 11.7. The van der Waals surface area contributed by atoms with Gasteiger partial charge in [-0.3, -0.25) is 4.90 Å². The molecule has 2 aromatic rings. The molecule has 1 saturated heterocycles. The maximum absolute atomic E-state index is 4.34. The van der Waals surface area contributed by atoms with Gasteiger partial charge < -0.3 is 5.32 Å². The topological polar surface area (TPSA) is 53.9 Å². The van der Waals surface area contributed by atoms with E-state index < -0.39 is 0 Å². The first kappa shape index (κ1) is 12.5. The number of hydrogen-bond donors (Lipinski definition) is 1. The zero-order chi connectivity index (χ0) is 13.1. The summed E-state index contributed by atoms with van der Waals surface area (Å²) >= 11 is 1.66. The van der Waals surface area contributed by atoms with E-state index in [1.807, 2.05) is 18.5 Å². The van der Waals surface area contributed by atoms with Gasteiger partial charge in [-0.05, 0) is 13.3 Å². The lowest BCUT2D eigenvalue weighted by Gasteiger charge is -2.16. The third kappa shape index (κ3) is 3.27. The number of nitrogens with one attached hydrogen (secondary N) is 1. The second-order valence-corrected chi connectivity index (χ2v) is 5.61. The molecule has 6 heteroatoms. The van der Waals surface area contributed by atoms with E-state index in [0.717, 1.165) is 37.6 Å². The summed E-state index contributed by atoms with van der Waals surface area (Å²) < 4.78 is 0. The molecule has 5 nitrogen and oxygen atoms in total. The van der Waals surface area contributed by atoms with E-state index in [0.29, 0.717) is 6.04 Å². The van der Waals surface area contributed by atoms with Crippen molar-refractivity contribution >= 4 is 17.2 Å². The standard InChI is InChI=1S/C13H17N5S/c1-10-4-13(15-8-14-10)17-11-2-3-18(5-11)6-12-7-19-9-16-12/h4,7-9,11H,2-3,5-6H2,1H3,(H,14,15,17). The Bertz CT molecular complexity index is 528. The number of thiazole rings is 1. The van der Waals surface area contributed by atoms with Crippen LogP contribution in [0.3, 0.4) is 0 Å². The van der Waals surface area contributed by atoms with Crippen molar-refractivity contribution in [1.29, 1.82) is 0 Å². The molecule has 0 saturated carbocycles. The van der Waals surface area contributed by atoms with Crippen LogP contribution in [0.15, 0.2) is 23.3 Å². The fourth-order valence-electron chi connectivity index (χ4n) is 2.38. The first-order chi connectivity index (χ1) is 9.29. The number of hydrogen-bond acceptors (Lipinski definition) is 6. The van der Waals surface area contributed by atoms with E-state index in [9.17, 15) is 0 Å². The van der Waals surface area contributed by atoms with E-state index >= 15 is 0 Å². The highest BCUT2D eigenvalue weighted by molar-refractivity contribution is 7.07. The van der Waals surface area contributed by atoms with Crippen LogP contribution in [-0.2, 0) is 6.54 Å². The molecule has 0 aromatic carbocycles. The molecule has 0 radical (unpaired) electrons. The predicted octanol–water partition coefficient (Wildman–Crippen LogP) is 1.93. The van der Waals surface area contributed by atoms with Gasteiger partial charge in [0.05, 0.1) is 11.2 Å². The summed E-state index contributed by atoms with van der Waals surface area (Å²) in [5.41, 5.74) is 4.06. The van der Waals surface area contributed by atoms with Gasteiger partial charge >= 0.3 is 0 Å². The van der Waals surface area contributed by atoms with Gasteiger partial charge in [-0.25, -0.2) is 15.0 Å². The molecule has 1 unspecified atom stereocenters. The summed E-state index contributed by atoms with van der Waals surface area (Å²) in [5.74, 6) is 0.924. The van der Waals surface area contributed by atoms with Gasteiger partial charge in [0.15, 0.2) is 0 Å². The number of rotatable bonds is 4. The normalized spacial score (nSPS) is 19.7. The van der Waals surface area contributed by atoms with E-state index in [1.165, 1.54) is 5.69 Å². The molecule has 0 spiro atoms.